The zero-order chi connectivity index (χ0) is 14.5. The number of nitrogens with zero attached hydrogens (tertiary/aromatic N) is 2. The van der Waals surface area contributed by atoms with Gasteiger partial charge in [0.05, 0.1) is 10.6 Å². The van der Waals surface area contributed by atoms with Crippen LogP contribution in [0.3, 0.4) is 0 Å². The summed E-state index contributed by atoms with van der Waals surface area (Å²) in [5.74, 6) is 0. The van der Waals surface area contributed by atoms with Gasteiger partial charge in [-0.25, -0.2) is 9.78 Å². The third-order valence-corrected chi connectivity index (χ3v) is 2.85. The van der Waals surface area contributed by atoms with E-state index in [-0.39, 0.29) is 10.2 Å². The molecule has 2 rings (SSSR count). The van der Waals surface area contributed by atoms with Crippen LogP contribution < -0.4 is 10.6 Å². The van der Waals surface area contributed by atoms with Gasteiger partial charge in [-0.1, -0.05) is 23.2 Å². The lowest BCUT2D eigenvalue weighted by molar-refractivity contribution is 0.262. The largest absolute Gasteiger partial charge is 0.323 e. The van der Waals surface area contributed by atoms with Gasteiger partial charge < -0.3 is 10.6 Å². The summed E-state index contributed by atoms with van der Waals surface area (Å²) >= 11 is 11.6. The van der Waals surface area contributed by atoms with Crippen molar-refractivity contribution in [3.63, 3.8) is 0 Å². The molecule has 0 aliphatic carbocycles. The summed E-state index contributed by atoms with van der Waals surface area (Å²) in [6.45, 7) is 0. The summed E-state index contributed by atoms with van der Waals surface area (Å²) in [6.07, 6.45) is 1.48. The van der Waals surface area contributed by atoms with Gasteiger partial charge in [0.1, 0.15) is 11.2 Å². The van der Waals surface area contributed by atoms with Crippen LogP contribution in [0.5, 0.6) is 0 Å². The van der Waals surface area contributed by atoms with Crippen molar-refractivity contribution in [3.8, 4) is 6.07 Å². The van der Waals surface area contributed by atoms with Crippen LogP contribution >= 0.6 is 23.2 Å². The van der Waals surface area contributed by atoms with Crippen LogP contribution in [0.15, 0.2) is 36.5 Å². The van der Waals surface area contributed by atoms with Crippen molar-refractivity contribution in [1.29, 1.82) is 5.26 Å². The van der Waals surface area contributed by atoms with Crippen molar-refractivity contribution in [1.82, 2.24) is 4.98 Å². The molecule has 1 heterocycles. The highest BCUT2D eigenvalue weighted by molar-refractivity contribution is 6.32. The highest BCUT2D eigenvalue weighted by atomic mass is 35.5. The van der Waals surface area contributed by atoms with Crippen molar-refractivity contribution in [3.05, 3.63) is 52.3 Å². The fraction of sp³-hybridized carbons (Fsp3) is 0. The quantitative estimate of drug-likeness (QED) is 0.826. The van der Waals surface area contributed by atoms with E-state index in [0.717, 1.165) is 0 Å². The number of aromatic nitrogens is 1. The summed E-state index contributed by atoms with van der Waals surface area (Å²) in [5.41, 5.74) is 1.34. The van der Waals surface area contributed by atoms with E-state index in [1.807, 2.05) is 6.07 Å². The molecular formula is C13H8Cl2N4O. The average molecular weight is 307 g/mol. The highest BCUT2D eigenvalue weighted by Gasteiger charge is 2.06. The second kappa shape index (κ2) is 6.24. The molecule has 0 bridgehead atoms. The molecular weight excluding hydrogens is 299 g/mol. The van der Waals surface area contributed by atoms with Crippen molar-refractivity contribution in [2.45, 2.75) is 0 Å². The molecule has 5 nitrogen and oxygen atoms in total. The monoisotopic (exact) mass is 306 g/mol. The molecule has 0 saturated carbocycles. The summed E-state index contributed by atoms with van der Waals surface area (Å²) in [4.78, 5) is 15.6. The molecule has 2 aromatic rings. The van der Waals surface area contributed by atoms with E-state index in [0.29, 0.717) is 16.9 Å². The third kappa shape index (κ3) is 3.60. The highest BCUT2D eigenvalue weighted by Crippen LogP contribution is 2.20. The number of nitrogens with one attached hydrogen (secondary N) is 2. The van der Waals surface area contributed by atoms with Gasteiger partial charge in [-0.3, -0.25) is 0 Å². The van der Waals surface area contributed by atoms with Crippen LogP contribution in [0.2, 0.25) is 10.2 Å². The number of pyridine rings is 1. The van der Waals surface area contributed by atoms with Gasteiger partial charge in [-0.05, 0) is 30.3 Å². The minimum absolute atomic E-state index is 0.275. The Bertz CT molecular complexity index is 697. The van der Waals surface area contributed by atoms with Gasteiger partial charge in [0.15, 0.2) is 0 Å². The van der Waals surface area contributed by atoms with E-state index in [1.54, 1.807) is 12.1 Å². The Morgan fingerprint density at radius 3 is 2.45 bits per heavy atom. The first-order valence-electron chi connectivity index (χ1n) is 5.47. The lowest BCUT2D eigenvalue weighted by Crippen LogP contribution is -2.19. The Morgan fingerprint density at radius 1 is 1.15 bits per heavy atom. The molecule has 100 valence electrons. The lowest BCUT2D eigenvalue weighted by atomic mass is 10.2. The Balaban J connectivity index is 2.05. The first kappa shape index (κ1) is 14.1. The van der Waals surface area contributed by atoms with Crippen LogP contribution in [0, 0.1) is 11.3 Å². The number of amides is 2. The van der Waals surface area contributed by atoms with Crippen LogP contribution in [-0.4, -0.2) is 11.0 Å². The molecule has 0 aliphatic rings. The lowest BCUT2D eigenvalue weighted by Gasteiger charge is -2.08. The van der Waals surface area contributed by atoms with Crippen molar-refractivity contribution < 1.29 is 4.79 Å². The standard InChI is InChI=1S/C13H8Cl2N4O/c14-11-5-9(2-1-8(11)7-16)18-13(20)19-10-3-4-17-12(15)6-10/h1-6H,(H2,17,18,19,20). The maximum Gasteiger partial charge on any atom is 0.323 e. The predicted octanol–water partition coefficient (Wildman–Crippen LogP) is 3.90. The molecule has 0 aliphatic heterocycles. The fourth-order valence-corrected chi connectivity index (χ4v) is 1.85. The van der Waals surface area contributed by atoms with Gasteiger partial charge in [-0.2, -0.15) is 5.26 Å². The molecule has 2 amide bonds. The second-order valence-electron chi connectivity index (χ2n) is 3.75. The van der Waals surface area contributed by atoms with Crippen LogP contribution in [0.4, 0.5) is 16.2 Å². The fourth-order valence-electron chi connectivity index (χ4n) is 1.46. The van der Waals surface area contributed by atoms with Gasteiger partial charge in [0.25, 0.3) is 0 Å². The number of urea groups is 1. The molecule has 1 aromatic carbocycles. The molecule has 0 spiro atoms. The number of rotatable bonds is 2. The number of anilines is 2. The smallest absolute Gasteiger partial charge is 0.308 e. The molecule has 0 atom stereocenters. The molecule has 0 fully saturated rings. The molecule has 1 aromatic heterocycles. The van der Waals surface area contributed by atoms with Crippen LogP contribution in [0.1, 0.15) is 5.56 Å². The van der Waals surface area contributed by atoms with Crippen molar-refractivity contribution in [2.75, 3.05) is 10.6 Å². The zero-order valence-electron chi connectivity index (χ0n) is 10.0. The van der Waals surface area contributed by atoms with E-state index < -0.39 is 6.03 Å². The van der Waals surface area contributed by atoms with Crippen molar-refractivity contribution in [2.24, 2.45) is 0 Å². The Labute approximate surface area is 125 Å². The van der Waals surface area contributed by atoms with Crippen molar-refractivity contribution >= 4 is 40.6 Å². The number of halogens is 2. The summed E-state index contributed by atoms with van der Waals surface area (Å²) in [7, 11) is 0. The summed E-state index contributed by atoms with van der Waals surface area (Å²) in [6, 6.07) is 9.23. The summed E-state index contributed by atoms with van der Waals surface area (Å²) < 4.78 is 0. The SMILES string of the molecule is N#Cc1ccc(NC(=O)Nc2ccnc(Cl)c2)cc1Cl. The zero-order valence-corrected chi connectivity index (χ0v) is 11.5. The van der Waals surface area contributed by atoms with Gasteiger partial charge in [-0.15, -0.1) is 0 Å². The number of benzene rings is 1. The molecule has 2 N–H and O–H groups in total. The Morgan fingerprint density at radius 2 is 1.85 bits per heavy atom. The third-order valence-electron chi connectivity index (χ3n) is 2.33. The predicted molar refractivity (Wildman–Crippen MR) is 78.1 cm³/mol. The van der Waals surface area contributed by atoms with Crippen LogP contribution in [-0.2, 0) is 0 Å². The van der Waals surface area contributed by atoms with E-state index in [9.17, 15) is 4.79 Å². The Hall–Kier alpha value is -2.29. The number of nitriles is 1. The molecule has 20 heavy (non-hydrogen) atoms. The number of hydrogen-bond donors (Lipinski definition) is 2. The van der Waals surface area contributed by atoms with Crippen LogP contribution in [0.25, 0.3) is 0 Å². The van der Waals surface area contributed by atoms with Gasteiger partial charge in [0, 0.05) is 17.6 Å². The number of carbonyl (C=O) groups is 1. The second-order valence-corrected chi connectivity index (χ2v) is 4.55. The maximum absolute atomic E-state index is 11.8. The van der Waals surface area contributed by atoms with E-state index >= 15 is 0 Å². The number of carbonyl (C=O) groups excluding carboxylic acids is 1. The average Bonchev–Trinajstić information content (AvgIpc) is 2.38. The minimum Gasteiger partial charge on any atom is -0.308 e. The Kier molecular flexibility index (Phi) is 4.41. The minimum atomic E-state index is -0.451. The molecule has 0 saturated heterocycles. The van der Waals surface area contributed by atoms with E-state index in [1.165, 1.54) is 24.4 Å². The number of hydrogen-bond acceptors (Lipinski definition) is 3. The first-order valence-corrected chi connectivity index (χ1v) is 6.23. The normalized spacial score (nSPS) is 9.65. The molecule has 7 heteroatoms. The summed E-state index contributed by atoms with van der Waals surface area (Å²) in [5, 5.41) is 14.5. The topological polar surface area (TPSA) is 77.8 Å². The molecule has 0 unspecified atom stereocenters. The van der Waals surface area contributed by atoms with E-state index in [4.69, 9.17) is 28.5 Å². The maximum atomic E-state index is 11.8. The molecule has 0 radical (unpaired) electrons. The van der Waals surface area contributed by atoms with Gasteiger partial charge in [0.2, 0.25) is 0 Å². The first-order chi connectivity index (χ1) is 9.58. The van der Waals surface area contributed by atoms with E-state index in [2.05, 4.69) is 15.6 Å². The van der Waals surface area contributed by atoms with Gasteiger partial charge >= 0.3 is 6.03 Å².